The summed E-state index contributed by atoms with van der Waals surface area (Å²) in [5.74, 6) is 1.28. The molecule has 1 heterocycles. The summed E-state index contributed by atoms with van der Waals surface area (Å²) in [6.45, 7) is 2.11. The highest BCUT2D eigenvalue weighted by molar-refractivity contribution is 5.97. The molecule has 1 aromatic carbocycles. The Labute approximate surface area is 113 Å². The first kappa shape index (κ1) is 12.3. The zero-order valence-electron chi connectivity index (χ0n) is 11.3. The maximum absolute atomic E-state index is 11.9. The Morgan fingerprint density at radius 3 is 2.63 bits per heavy atom. The standard InChI is InChI=1S/C15H20N2O2/c1-19-15(18)13-7-12(16)5-6-14(13)17-8-10-3-2-4-11(10)9-17/h5-7,10-11H,2-4,8-9,16H2,1H3. The van der Waals surface area contributed by atoms with Gasteiger partial charge >= 0.3 is 5.97 Å². The van der Waals surface area contributed by atoms with E-state index < -0.39 is 0 Å². The molecule has 2 N–H and O–H groups in total. The average Bonchev–Trinajstić information content (AvgIpc) is 2.98. The van der Waals surface area contributed by atoms with Crippen molar-refractivity contribution in [1.82, 2.24) is 0 Å². The largest absolute Gasteiger partial charge is 0.465 e. The quantitative estimate of drug-likeness (QED) is 0.655. The average molecular weight is 260 g/mol. The van der Waals surface area contributed by atoms with Crippen molar-refractivity contribution >= 4 is 17.3 Å². The number of nitrogens with two attached hydrogens (primary N) is 1. The predicted octanol–water partition coefficient (Wildman–Crippen LogP) is 2.29. The SMILES string of the molecule is COC(=O)c1cc(N)ccc1N1CC2CCCC2C1. The minimum absolute atomic E-state index is 0.306. The van der Waals surface area contributed by atoms with Crippen molar-refractivity contribution in [2.45, 2.75) is 19.3 Å². The van der Waals surface area contributed by atoms with Crippen molar-refractivity contribution in [1.29, 1.82) is 0 Å². The van der Waals surface area contributed by atoms with Crippen molar-refractivity contribution in [3.8, 4) is 0 Å². The summed E-state index contributed by atoms with van der Waals surface area (Å²) in [7, 11) is 1.41. The van der Waals surface area contributed by atoms with Crippen LogP contribution in [0.4, 0.5) is 11.4 Å². The van der Waals surface area contributed by atoms with Crippen LogP contribution in [0.5, 0.6) is 0 Å². The van der Waals surface area contributed by atoms with E-state index in [0.29, 0.717) is 11.3 Å². The number of nitrogen functional groups attached to an aromatic ring is 1. The van der Waals surface area contributed by atoms with Crippen molar-refractivity contribution in [3.63, 3.8) is 0 Å². The lowest BCUT2D eigenvalue weighted by atomic mass is 10.0. The van der Waals surface area contributed by atoms with Gasteiger partial charge in [-0.1, -0.05) is 6.42 Å². The molecule has 4 nitrogen and oxygen atoms in total. The van der Waals surface area contributed by atoms with Crippen molar-refractivity contribution in [2.24, 2.45) is 11.8 Å². The molecule has 0 spiro atoms. The number of ether oxygens (including phenoxy) is 1. The fourth-order valence-electron chi connectivity index (χ4n) is 3.53. The normalized spacial score (nSPS) is 25.4. The summed E-state index contributed by atoms with van der Waals surface area (Å²) in [5.41, 5.74) is 7.94. The lowest BCUT2D eigenvalue weighted by Gasteiger charge is -2.22. The van der Waals surface area contributed by atoms with Crippen LogP contribution in [0.1, 0.15) is 29.6 Å². The van der Waals surface area contributed by atoms with Gasteiger partial charge < -0.3 is 15.4 Å². The summed E-state index contributed by atoms with van der Waals surface area (Å²) < 4.78 is 4.86. The number of hydrogen-bond acceptors (Lipinski definition) is 4. The first-order valence-corrected chi connectivity index (χ1v) is 6.92. The van der Waals surface area contributed by atoms with E-state index in [0.717, 1.165) is 30.6 Å². The highest BCUT2D eigenvalue weighted by Gasteiger charge is 2.37. The molecule has 1 aromatic rings. The molecular weight excluding hydrogens is 240 g/mol. The van der Waals surface area contributed by atoms with Gasteiger partial charge in [0.1, 0.15) is 0 Å². The fourth-order valence-corrected chi connectivity index (χ4v) is 3.53. The predicted molar refractivity (Wildman–Crippen MR) is 75.2 cm³/mol. The van der Waals surface area contributed by atoms with Gasteiger partial charge in [-0.2, -0.15) is 0 Å². The van der Waals surface area contributed by atoms with Gasteiger partial charge in [-0.3, -0.25) is 0 Å². The zero-order chi connectivity index (χ0) is 13.4. The molecule has 1 saturated heterocycles. The lowest BCUT2D eigenvalue weighted by molar-refractivity contribution is 0.0601. The van der Waals surface area contributed by atoms with Gasteiger partial charge in [0.05, 0.1) is 18.4 Å². The minimum Gasteiger partial charge on any atom is -0.465 e. The summed E-state index contributed by atoms with van der Waals surface area (Å²) in [4.78, 5) is 14.2. The van der Waals surface area contributed by atoms with E-state index in [9.17, 15) is 4.79 Å². The molecule has 2 unspecified atom stereocenters. The van der Waals surface area contributed by atoms with Gasteiger partial charge in [0.25, 0.3) is 0 Å². The number of methoxy groups -OCH3 is 1. The van der Waals surface area contributed by atoms with Gasteiger partial charge in [-0.05, 0) is 42.9 Å². The number of fused-ring (bicyclic) bond motifs is 1. The third-order valence-corrected chi connectivity index (χ3v) is 4.49. The molecule has 1 aliphatic heterocycles. The molecule has 0 amide bonds. The van der Waals surface area contributed by atoms with Gasteiger partial charge in [0.2, 0.25) is 0 Å². The highest BCUT2D eigenvalue weighted by Crippen LogP contribution is 2.40. The Kier molecular flexibility index (Phi) is 3.09. The Morgan fingerprint density at radius 2 is 2.00 bits per heavy atom. The van der Waals surface area contributed by atoms with E-state index in [1.165, 1.54) is 26.4 Å². The van der Waals surface area contributed by atoms with E-state index >= 15 is 0 Å². The summed E-state index contributed by atoms with van der Waals surface area (Å²) >= 11 is 0. The summed E-state index contributed by atoms with van der Waals surface area (Å²) in [6.07, 6.45) is 4.00. The van der Waals surface area contributed by atoms with E-state index in [4.69, 9.17) is 10.5 Å². The fraction of sp³-hybridized carbons (Fsp3) is 0.533. The second-order valence-electron chi connectivity index (χ2n) is 5.62. The van der Waals surface area contributed by atoms with Crippen LogP contribution in [-0.4, -0.2) is 26.2 Å². The monoisotopic (exact) mass is 260 g/mol. The van der Waals surface area contributed by atoms with E-state index in [2.05, 4.69) is 4.90 Å². The van der Waals surface area contributed by atoms with E-state index in [-0.39, 0.29) is 5.97 Å². The highest BCUT2D eigenvalue weighted by atomic mass is 16.5. The number of anilines is 2. The Balaban J connectivity index is 1.90. The number of carbonyl (C=O) groups excluding carboxylic acids is 1. The van der Waals surface area contributed by atoms with Crippen molar-refractivity contribution < 1.29 is 9.53 Å². The molecule has 0 bridgehead atoms. The first-order chi connectivity index (χ1) is 9.19. The molecule has 1 saturated carbocycles. The van der Waals surface area contributed by atoms with Gasteiger partial charge in [-0.15, -0.1) is 0 Å². The van der Waals surface area contributed by atoms with Gasteiger partial charge in [0, 0.05) is 18.8 Å². The molecule has 2 fully saturated rings. The van der Waals surface area contributed by atoms with Crippen LogP contribution in [0.15, 0.2) is 18.2 Å². The smallest absolute Gasteiger partial charge is 0.340 e. The summed E-state index contributed by atoms with van der Waals surface area (Å²) in [5, 5.41) is 0. The molecule has 2 aliphatic rings. The van der Waals surface area contributed by atoms with Crippen LogP contribution >= 0.6 is 0 Å². The van der Waals surface area contributed by atoms with Crippen LogP contribution in [-0.2, 0) is 4.74 Å². The Hall–Kier alpha value is -1.71. The molecular formula is C15H20N2O2. The first-order valence-electron chi connectivity index (χ1n) is 6.92. The molecule has 19 heavy (non-hydrogen) atoms. The van der Waals surface area contributed by atoms with Crippen molar-refractivity contribution in [2.75, 3.05) is 30.8 Å². The van der Waals surface area contributed by atoms with Crippen LogP contribution < -0.4 is 10.6 Å². The molecule has 2 atom stereocenters. The number of carbonyl (C=O) groups is 1. The van der Waals surface area contributed by atoms with Crippen LogP contribution in [0, 0.1) is 11.8 Å². The second kappa shape index (κ2) is 4.76. The second-order valence-corrected chi connectivity index (χ2v) is 5.62. The number of esters is 1. The number of rotatable bonds is 2. The topological polar surface area (TPSA) is 55.6 Å². The number of benzene rings is 1. The molecule has 0 radical (unpaired) electrons. The molecule has 0 aromatic heterocycles. The third-order valence-electron chi connectivity index (χ3n) is 4.49. The Morgan fingerprint density at radius 1 is 1.32 bits per heavy atom. The number of nitrogens with zero attached hydrogens (tertiary/aromatic N) is 1. The van der Waals surface area contributed by atoms with Crippen LogP contribution in [0.25, 0.3) is 0 Å². The maximum atomic E-state index is 11.9. The van der Waals surface area contributed by atoms with Crippen LogP contribution in [0.2, 0.25) is 0 Å². The minimum atomic E-state index is -0.306. The van der Waals surface area contributed by atoms with Crippen LogP contribution in [0.3, 0.4) is 0 Å². The molecule has 3 rings (SSSR count). The Bertz CT molecular complexity index is 489. The van der Waals surface area contributed by atoms with Crippen molar-refractivity contribution in [3.05, 3.63) is 23.8 Å². The maximum Gasteiger partial charge on any atom is 0.340 e. The van der Waals surface area contributed by atoms with Gasteiger partial charge in [-0.25, -0.2) is 4.79 Å². The number of hydrogen-bond donors (Lipinski definition) is 1. The summed E-state index contributed by atoms with van der Waals surface area (Å²) in [6, 6.07) is 5.52. The lowest BCUT2D eigenvalue weighted by Crippen LogP contribution is -2.23. The zero-order valence-corrected chi connectivity index (χ0v) is 11.3. The third kappa shape index (κ3) is 2.15. The van der Waals surface area contributed by atoms with Gasteiger partial charge in [0.15, 0.2) is 0 Å². The molecule has 1 aliphatic carbocycles. The van der Waals surface area contributed by atoms with E-state index in [1.54, 1.807) is 6.07 Å². The molecule has 102 valence electrons. The van der Waals surface area contributed by atoms with E-state index in [1.807, 2.05) is 12.1 Å². The molecule has 4 heteroatoms.